The van der Waals surface area contributed by atoms with Gasteiger partial charge in [-0.2, -0.15) is 0 Å². The molecule has 2 N–H and O–H groups in total. The average molecular weight is 231 g/mol. The topological polar surface area (TPSA) is 35.2 Å². The summed E-state index contributed by atoms with van der Waals surface area (Å²) in [5.41, 5.74) is 6.74. The van der Waals surface area contributed by atoms with E-state index in [0.29, 0.717) is 24.5 Å². The van der Waals surface area contributed by atoms with Gasteiger partial charge in [-0.15, -0.1) is 0 Å². The largest absolute Gasteiger partial charge is 0.492 e. The molecule has 88 valence electrons. The van der Waals surface area contributed by atoms with E-state index >= 15 is 0 Å². The first kappa shape index (κ1) is 11.6. The van der Waals surface area contributed by atoms with Gasteiger partial charge in [-0.05, 0) is 23.8 Å². The molecule has 0 bridgehead atoms. The van der Waals surface area contributed by atoms with Crippen LogP contribution in [0.2, 0.25) is 0 Å². The van der Waals surface area contributed by atoms with Crippen LogP contribution < -0.4 is 10.5 Å². The SMILES string of the molecule is NCCOc1cccc(-c2ccccc2F)c1. The molecule has 0 aliphatic carbocycles. The molecule has 0 saturated carbocycles. The third-order valence-corrected chi connectivity index (χ3v) is 2.41. The van der Waals surface area contributed by atoms with Gasteiger partial charge in [-0.25, -0.2) is 4.39 Å². The zero-order valence-electron chi connectivity index (χ0n) is 9.40. The quantitative estimate of drug-likeness (QED) is 0.878. The lowest BCUT2D eigenvalue weighted by atomic mass is 10.1. The van der Waals surface area contributed by atoms with Crippen molar-refractivity contribution in [3.8, 4) is 16.9 Å². The van der Waals surface area contributed by atoms with E-state index in [1.807, 2.05) is 30.3 Å². The van der Waals surface area contributed by atoms with Crippen LogP contribution in [0.25, 0.3) is 11.1 Å². The summed E-state index contributed by atoms with van der Waals surface area (Å²) >= 11 is 0. The van der Waals surface area contributed by atoms with Gasteiger partial charge in [0.05, 0.1) is 0 Å². The van der Waals surface area contributed by atoms with Crippen molar-refractivity contribution in [3.05, 3.63) is 54.3 Å². The predicted octanol–water partition coefficient (Wildman–Crippen LogP) is 2.83. The molecule has 2 nitrogen and oxygen atoms in total. The van der Waals surface area contributed by atoms with Crippen molar-refractivity contribution in [2.45, 2.75) is 0 Å². The predicted molar refractivity (Wildman–Crippen MR) is 66.4 cm³/mol. The molecule has 2 aromatic rings. The number of hydrogen-bond donors (Lipinski definition) is 1. The van der Waals surface area contributed by atoms with E-state index < -0.39 is 0 Å². The number of halogens is 1. The summed E-state index contributed by atoms with van der Waals surface area (Å²) in [6, 6.07) is 14.0. The van der Waals surface area contributed by atoms with Gasteiger partial charge >= 0.3 is 0 Å². The van der Waals surface area contributed by atoms with Crippen LogP contribution in [0.5, 0.6) is 5.75 Å². The summed E-state index contributed by atoms with van der Waals surface area (Å²) in [6.07, 6.45) is 0. The van der Waals surface area contributed by atoms with Crippen molar-refractivity contribution in [1.29, 1.82) is 0 Å². The number of ether oxygens (including phenoxy) is 1. The molecular formula is C14H14FNO. The Kier molecular flexibility index (Phi) is 3.73. The fourth-order valence-corrected chi connectivity index (χ4v) is 1.63. The zero-order chi connectivity index (χ0) is 12.1. The molecule has 0 fully saturated rings. The monoisotopic (exact) mass is 231 g/mol. The van der Waals surface area contributed by atoms with Crippen LogP contribution in [0.3, 0.4) is 0 Å². The van der Waals surface area contributed by atoms with Gasteiger partial charge in [-0.3, -0.25) is 0 Å². The van der Waals surface area contributed by atoms with Gasteiger partial charge in [0.1, 0.15) is 18.2 Å². The highest BCUT2D eigenvalue weighted by atomic mass is 19.1. The third kappa shape index (κ3) is 2.82. The maximum Gasteiger partial charge on any atom is 0.131 e. The van der Waals surface area contributed by atoms with Gasteiger partial charge in [-0.1, -0.05) is 30.3 Å². The Morgan fingerprint density at radius 1 is 1.06 bits per heavy atom. The lowest BCUT2D eigenvalue weighted by molar-refractivity contribution is 0.328. The summed E-state index contributed by atoms with van der Waals surface area (Å²) in [4.78, 5) is 0. The molecule has 0 spiro atoms. The number of nitrogens with two attached hydrogens (primary N) is 1. The average Bonchev–Trinajstić information content (AvgIpc) is 2.37. The Morgan fingerprint density at radius 2 is 1.88 bits per heavy atom. The Labute approximate surface area is 99.8 Å². The van der Waals surface area contributed by atoms with Crippen molar-refractivity contribution in [2.24, 2.45) is 5.73 Å². The van der Waals surface area contributed by atoms with E-state index in [9.17, 15) is 4.39 Å². The van der Waals surface area contributed by atoms with E-state index in [4.69, 9.17) is 10.5 Å². The molecule has 0 aliphatic rings. The number of rotatable bonds is 4. The molecule has 0 saturated heterocycles. The maximum atomic E-state index is 13.6. The molecule has 0 heterocycles. The highest BCUT2D eigenvalue weighted by Gasteiger charge is 2.04. The second-order valence-electron chi connectivity index (χ2n) is 3.64. The van der Waals surface area contributed by atoms with E-state index in [1.165, 1.54) is 6.07 Å². The Hall–Kier alpha value is -1.87. The van der Waals surface area contributed by atoms with Crippen LogP contribution in [0, 0.1) is 5.82 Å². The van der Waals surface area contributed by atoms with Crippen molar-refractivity contribution in [2.75, 3.05) is 13.2 Å². The number of hydrogen-bond acceptors (Lipinski definition) is 2. The van der Waals surface area contributed by atoms with Gasteiger partial charge in [0, 0.05) is 12.1 Å². The highest BCUT2D eigenvalue weighted by Crippen LogP contribution is 2.25. The molecule has 3 heteroatoms. The minimum absolute atomic E-state index is 0.233. The molecule has 0 radical (unpaired) electrons. The smallest absolute Gasteiger partial charge is 0.131 e. The third-order valence-electron chi connectivity index (χ3n) is 2.41. The first-order valence-electron chi connectivity index (χ1n) is 5.49. The lowest BCUT2D eigenvalue weighted by Gasteiger charge is -2.07. The second-order valence-corrected chi connectivity index (χ2v) is 3.64. The van der Waals surface area contributed by atoms with E-state index in [1.54, 1.807) is 12.1 Å². The summed E-state index contributed by atoms with van der Waals surface area (Å²) in [6.45, 7) is 0.921. The Bertz CT molecular complexity index is 499. The first-order chi connectivity index (χ1) is 8.31. The summed E-state index contributed by atoms with van der Waals surface area (Å²) in [7, 11) is 0. The Balaban J connectivity index is 2.30. The van der Waals surface area contributed by atoms with E-state index in [0.717, 1.165) is 5.56 Å². The van der Waals surface area contributed by atoms with Crippen molar-refractivity contribution < 1.29 is 9.13 Å². The molecule has 0 aliphatic heterocycles. The standard InChI is InChI=1S/C14H14FNO/c15-14-7-2-1-6-13(14)11-4-3-5-12(10-11)17-9-8-16/h1-7,10H,8-9,16H2. The molecule has 0 atom stereocenters. The van der Waals surface area contributed by atoms with Gasteiger partial charge in [0.25, 0.3) is 0 Å². The summed E-state index contributed by atoms with van der Waals surface area (Å²) in [5, 5.41) is 0. The normalized spacial score (nSPS) is 10.2. The van der Waals surface area contributed by atoms with E-state index in [2.05, 4.69) is 0 Å². The highest BCUT2D eigenvalue weighted by molar-refractivity contribution is 5.65. The van der Waals surface area contributed by atoms with Crippen LogP contribution in [0.4, 0.5) is 4.39 Å². The Morgan fingerprint density at radius 3 is 2.65 bits per heavy atom. The van der Waals surface area contributed by atoms with Gasteiger partial charge in [0.15, 0.2) is 0 Å². The molecular weight excluding hydrogens is 217 g/mol. The van der Waals surface area contributed by atoms with Crippen molar-refractivity contribution >= 4 is 0 Å². The van der Waals surface area contributed by atoms with Crippen LogP contribution >= 0.6 is 0 Å². The zero-order valence-corrected chi connectivity index (χ0v) is 9.40. The second kappa shape index (κ2) is 5.46. The minimum atomic E-state index is -0.233. The molecule has 2 rings (SSSR count). The lowest BCUT2D eigenvalue weighted by Crippen LogP contribution is -2.10. The van der Waals surface area contributed by atoms with Crippen LogP contribution in [0.1, 0.15) is 0 Å². The summed E-state index contributed by atoms with van der Waals surface area (Å²) < 4.78 is 19.0. The molecule has 17 heavy (non-hydrogen) atoms. The fourth-order valence-electron chi connectivity index (χ4n) is 1.63. The first-order valence-corrected chi connectivity index (χ1v) is 5.49. The minimum Gasteiger partial charge on any atom is -0.492 e. The maximum absolute atomic E-state index is 13.6. The molecule has 0 amide bonds. The van der Waals surface area contributed by atoms with Gasteiger partial charge < -0.3 is 10.5 Å². The van der Waals surface area contributed by atoms with Crippen LogP contribution in [-0.2, 0) is 0 Å². The molecule has 0 aromatic heterocycles. The number of benzene rings is 2. The molecule has 0 unspecified atom stereocenters. The van der Waals surface area contributed by atoms with Crippen molar-refractivity contribution in [3.63, 3.8) is 0 Å². The van der Waals surface area contributed by atoms with Crippen LogP contribution in [0.15, 0.2) is 48.5 Å². The fraction of sp³-hybridized carbons (Fsp3) is 0.143. The molecule has 2 aromatic carbocycles. The summed E-state index contributed by atoms with van der Waals surface area (Å²) in [5.74, 6) is 0.472. The van der Waals surface area contributed by atoms with Crippen molar-refractivity contribution in [1.82, 2.24) is 0 Å². The van der Waals surface area contributed by atoms with Gasteiger partial charge in [0.2, 0.25) is 0 Å². The van der Waals surface area contributed by atoms with Crippen LogP contribution in [-0.4, -0.2) is 13.2 Å². The van der Waals surface area contributed by atoms with E-state index in [-0.39, 0.29) is 5.82 Å².